The smallest absolute Gasteiger partial charge is 0.329 e. The van der Waals surface area contributed by atoms with Crippen molar-refractivity contribution in [3.05, 3.63) is 6.33 Å². The summed E-state index contributed by atoms with van der Waals surface area (Å²) >= 11 is 1.24. The number of hydrogen-bond donors (Lipinski definition) is 5. The van der Waals surface area contributed by atoms with E-state index in [1.807, 2.05) is 0 Å². The van der Waals surface area contributed by atoms with E-state index in [1.54, 1.807) is 0 Å². The van der Waals surface area contributed by atoms with E-state index in [1.165, 1.54) is 18.1 Å². The zero-order chi connectivity index (χ0) is 16.8. The molecule has 10 nitrogen and oxygen atoms in total. The third kappa shape index (κ3) is 2.45. The molecule has 124 valence electrons. The highest BCUT2D eigenvalue weighted by molar-refractivity contribution is 7.99. The Labute approximate surface area is 134 Å². The summed E-state index contributed by atoms with van der Waals surface area (Å²) in [6.07, 6.45) is 1.50. The van der Waals surface area contributed by atoms with Crippen molar-refractivity contribution in [2.45, 2.75) is 22.4 Å². The summed E-state index contributed by atoms with van der Waals surface area (Å²) < 4.78 is 0. The zero-order valence-electron chi connectivity index (χ0n) is 11.8. The van der Waals surface area contributed by atoms with Crippen molar-refractivity contribution in [3.8, 4) is 0 Å². The SMILES string of the molecule is NCC(=O)N[C@@]1(C(=O)O)C[C@@H](Sc2nnc[nH]2)[C@H]2[C@H](C(=O)O)[C@H]21. The first-order valence-corrected chi connectivity index (χ1v) is 7.78. The molecule has 0 bridgehead atoms. The maximum atomic E-state index is 11.8. The van der Waals surface area contributed by atoms with E-state index in [0.717, 1.165) is 0 Å². The van der Waals surface area contributed by atoms with Gasteiger partial charge in [0, 0.05) is 11.2 Å². The average Bonchev–Trinajstić information content (AvgIpc) is 2.91. The predicted molar refractivity (Wildman–Crippen MR) is 76.3 cm³/mol. The van der Waals surface area contributed by atoms with Gasteiger partial charge in [0.15, 0.2) is 5.16 Å². The number of aliphatic carboxylic acids is 2. The number of nitrogens with zero attached hydrogens (tertiary/aromatic N) is 2. The number of aromatic nitrogens is 3. The molecule has 6 N–H and O–H groups in total. The number of nitrogens with one attached hydrogen (secondary N) is 2. The van der Waals surface area contributed by atoms with Crippen molar-refractivity contribution in [1.82, 2.24) is 20.5 Å². The summed E-state index contributed by atoms with van der Waals surface area (Å²) in [7, 11) is 0. The Balaban J connectivity index is 1.89. The van der Waals surface area contributed by atoms with Gasteiger partial charge < -0.3 is 26.2 Å². The van der Waals surface area contributed by atoms with E-state index in [-0.39, 0.29) is 24.1 Å². The molecule has 1 aromatic heterocycles. The first-order valence-electron chi connectivity index (χ1n) is 6.90. The van der Waals surface area contributed by atoms with Crippen LogP contribution in [0.15, 0.2) is 11.5 Å². The number of carbonyl (C=O) groups is 3. The fourth-order valence-corrected chi connectivity index (χ4v) is 4.92. The van der Waals surface area contributed by atoms with E-state index in [4.69, 9.17) is 5.73 Å². The van der Waals surface area contributed by atoms with E-state index < -0.39 is 35.2 Å². The van der Waals surface area contributed by atoms with E-state index in [0.29, 0.717) is 5.16 Å². The van der Waals surface area contributed by atoms with Gasteiger partial charge in [-0.15, -0.1) is 10.2 Å². The molecular formula is C12H15N5O5S. The second kappa shape index (κ2) is 5.49. The largest absolute Gasteiger partial charge is 0.481 e. The summed E-state index contributed by atoms with van der Waals surface area (Å²) in [4.78, 5) is 37.7. The summed E-state index contributed by atoms with van der Waals surface area (Å²) in [5.74, 6) is -4.73. The second-order valence-corrected chi connectivity index (χ2v) is 6.88. The number of thioether (sulfide) groups is 1. The van der Waals surface area contributed by atoms with Crippen molar-refractivity contribution in [2.24, 2.45) is 23.5 Å². The van der Waals surface area contributed by atoms with E-state index >= 15 is 0 Å². The maximum absolute atomic E-state index is 11.8. The molecule has 3 rings (SSSR count). The van der Waals surface area contributed by atoms with Crippen LogP contribution in [0.2, 0.25) is 0 Å². The van der Waals surface area contributed by atoms with Crippen LogP contribution in [0.1, 0.15) is 6.42 Å². The number of carbonyl (C=O) groups excluding carboxylic acids is 1. The fourth-order valence-electron chi connectivity index (χ4n) is 3.57. The molecule has 2 saturated carbocycles. The Morgan fingerprint density at radius 3 is 2.74 bits per heavy atom. The van der Waals surface area contributed by atoms with Gasteiger partial charge >= 0.3 is 11.9 Å². The molecule has 0 unspecified atom stereocenters. The van der Waals surface area contributed by atoms with Gasteiger partial charge in [0.05, 0.1) is 12.5 Å². The van der Waals surface area contributed by atoms with Gasteiger partial charge in [-0.2, -0.15) is 0 Å². The van der Waals surface area contributed by atoms with Gasteiger partial charge in [-0.1, -0.05) is 11.8 Å². The molecule has 0 radical (unpaired) electrons. The van der Waals surface area contributed by atoms with Crippen molar-refractivity contribution < 1.29 is 24.6 Å². The average molecular weight is 341 g/mol. The normalized spacial score (nSPS) is 34.7. The molecule has 1 heterocycles. The van der Waals surface area contributed by atoms with Crippen LogP contribution in [-0.2, 0) is 14.4 Å². The third-order valence-electron chi connectivity index (χ3n) is 4.47. The van der Waals surface area contributed by atoms with Gasteiger partial charge in [-0.3, -0.25) is 9.59 Å². The number of fused-ring (bicyclic) bond motifs is 1. The number of H-pyrrole nitrogens is 1. The number of carboxylic acids is 2. The number of aromatic amines is 1. The second-order valence-electron chi connectivity index (χ2n) is 5.65. The molecule has 2 fully saturated rings. The molecule has 2 aliphatic carbocycles. The maximum Gasteiger partial charge on any atom is 0.329 e. The van der Waals surface area contributed by atoms with Crippen LogP contribution >= 0.6 is 11.8 Å². The minimum Gasteiger partial charge on any atom is -0.481 e. The highest BCUT2D eigenvalue weighted by atomic mass is 32.2. The number of rotatable bonds is 6. The Kier molecular flexibility index (Phi) is 3.76. The summed E-state index contributed by atoms with van der Waals surface area (Å²) in [5, 5.41) is 29.1. The van der Waals surface area contributed by atoms with Crippen molar-refractivity contribution in [3.63, 3.8) is 0 Å². The lowest BCUT2D eigenvalue weighted by atomic mass is 9.90. The minimum absolute atomic E-state index is 0.110. The van der Waals surface area contributed by atoms with Crippen molar-refractivity contribution in [2.75, 3.05) is 6.54 Å². The number of carboxylic acid groups (broad SMARTS) is 2. The standard InChI is InChI=1S/C12H15N5O5S/c13-2-5(18)16-12(10(21)22)1-4(23-11-14-3-15-17-11)6-7(8(6)12)9(19)20/h3-4,6-8H,1-2,13H2,(H,16,18)(H,19,20)(H,21,22)(H,14,15,17)/t4-,6+,7+,8+,12+/m1/s1. The first kappa shape index (κ1) is 15.7. The molecule has 2 aliphatic rings. The quantitative estimate of drug-likeness (QED) is 0.413. The highest BCUT2D eigenvalue weighted by Gasteiger charge is 2.75. The first-order chi connectivity index (χ1) is 10.9. The Morgan fingerprint density at radius 1 is 1.48 bits per heavy atom. The lowest BCUT2D eigenvalue weighted by Gasteiger charge is -2.29. The van der Waals surface area contributed by atoms with Gasteiger partial charge in [0.25, 0.3) is 0 Å². The van der Waals surface area contributed by atoms with Gasteiger partial charge in [-0.05, 0) is 12.3 Å². The molecule has 0 spiro atoms. The Bertz CT molecular complexity index is 652. The van der Waals surface area contributed by atoms with Crippen LogP contribution in [-0.4, -0.2) is 60.6 Å². The topological polar surface area (TPSA) is 171 Å². The molecule has 0 saturated heterocycles. The molecule has 0 aromatic carbocycles. The van der Waals surface area contributed by atoms with Gasteiger partial charge in [-0.25, -0.2) is 4.79 Å². The summed E-state index contributed by atoms with van der Waals surface area (Å²) in [6, 6.07) is 0. The molecule has 5 atom stereocenters. The molecule has 1 aromatic rings. The summed E-state index contributed by atoms with van der Waals surface area (Å²) in [5.41, 5.74) is 3.65. The number of hydrogen-bond acceptors (Lipinski definition) is 7. The van der Waals surface area contributed by atoms with Gasteiger partial charge in [0.2, 0.25) is 5.91 Å². The Morgan fingerprint density at radius 2 is 2.22 bits per heavy atom. The fraction of sp³-hybridized carbons (Fsp3) is 0.583. The molecular weight excluding hydrogens is 326 g/mol. The van der Waals surface area contributed by atoms with Crippen LogP contribution in [0.25, 0.3) is 0 Å². The van der Waals surface area contributed by atoms with Gasteiger partial charge in [0.1, 0.15) is 11.9 Å². The molecule has 11 heteroatoms. The molecule has 0 aliphatic heterocycles. The van der Waals surface area contributed by atoms with E-state index in [2.05, 4.69) is 20.5 Å². The lowest BCUT2D eigenvalue weighted by Crippen LogP contribution is -2.57. The molecule has 23 heavy (non-hydrogen) atoms. The highest BCUT2D eigenvalue weighted by Crippen LogP contribution is 2.65. The van der Waals surface area contributed by atoms with Crippen LogP contribution in [0.3, 0.4) is 0 Å². The Hall–Kier alpha value is -2.14. The number of amides is 1. The zero-order valence-corrected chi connectivity index (χ0v) is 12.6. The number of nitrogens with two attached hydrogens (primary N) is 1. The minimum atomic E-state index is -1.61. The van der Waals surface area contributed by atoms with Crippen LogP contribution in [0, 0.1) is 17.8 Å². The lowest BCUT2D eigenvalue weighted by molar-refractivity contribution is -0.149. The van der Waals surface area contributed by atoms with Crippen LogP contribution in [0.4, 0.5) is 0 Å². The monoisotopic (exact) mass is 341 g/mol. The van der Waals surface area contributed by atoms with E-state index in [9.17, 15) is 24.6 Å². The third-order valence-corrected chi connectivity index (χ3v) is 5.68. The predicted octanol–water partition coefficient (Wildman–Crippen LogP) is -1.49. The summed E-state index contributed by atoms with van der Waals surface area (Å²) in [6.45, 7) is -0.357. The van der Waals surface area contributed by atoms with Crippen molar-refractivity contribution >= 4 is 29.6 Å². The van der Waals surface area contributed by atoms with Crippen molar-refractivity contribution in [1.29, 1.82) is 0 Å². The molecule has 1 amide bonds. The van der Waals surface area contributed by atoms with Crippen LogP contribution in [0.5, 0.6) is 0 Å². The van der Waals surface area contributed by atoms with Crippen LogP contribution < -0.4 is 11.1 Å².